The molecule has 3 fully saturated rings. The van der Waals surface area contributed by atoms with Crippen molar-refractivity contribution >= 4 is 23.5 Å². The predicted octanol–water partition coefficient (Wildman–Crippen LogP) is 1.80. The molecule has 1 spiro atoms. The molecule has 7 nitrogen and oxygen atoms in total. The Morgan fingerprint density at radius 3 is 2.86 bits per heavy atom. The van der Waals surface area contributed by atoms with Crippen molar-refractivity contribution in [3.05, 3.63) is 41.5 Å². The highest BCUT2D eigenvalue weighted by molar-refractivity contribution is 6.04. The minimum Gasteiger partial charge on any atom is -0.481 e. The maximum absolute atomic E-state index is 13.5. The van der Waals surface area contributed by atoms with Gasteiger partial charge >= 0.3 is 5.97 Å². The summed E-state index contributed by atoms with van der Waals surface area (Å²) in [5.41, 5.74) is 1.92. The number of carbonyl (C=O) groups excluding carboxylic acids is 2. The lowest BCUT2D eigenvalue weighted by Gasteiger charge is -2.44. The molecule has 29 heavy (non-hydrogen) atoms. The van der Waals surface area contributed by atoms with Crippen LogP contribution in [0.3, 0.4) is 0 Å². The number of fused-ring (bicyclic) bond motifs is 4. The van der Waals surface area contributed by atoms with Crippen LogP contribution in [-0.2, 0) is 19.1 Å². The molecule has 6 rings (SSSR count). The number of anilines is 1. The van der Waals surface area contributed by atoms with Crippen LogP contribution in [0.5, 0.6) is 0 Å². The SMILES string of the molecule is Cc1ccc2c(c1)[C@@H](N1CCCC1=O)C[C@@H]1N2C(=O)[C@H]2[C@@H](C(=O)O)[C@@H]3C=C[C@]12O3. The molecule has 3 saturated heterocycles. The fourth-order valence-corrected chi connectivity index (χ4v) is 6.30. The zero-order valence-electron chi connectivity index (χ0n) is 16.1. The minimum atomic E-state index is -0.991. The molecule has 7 heteroatoms. The molecule has 2 bridgehead atoms. The minimum absolute atomic E-state index is 0.123. The first kappa shape index (κ1) is 17.2. The Bertz CT molecular complexity index is 1000. The maximum atomic E-state index is 13.5. The van der Waals surface area contributed by atoms with E-state index in [-0.39, 0.29) is 23.9 Å². The normalized spacial score (nSPS) is 39.1. The Kier molecular flexibility index (Phi) is 3.25. The van der Waals surface area contributed by atoms with Crippen LogP contribution in [0.2, 0.25) is 0 Å². The van der Waals surface area contributed by atoms with Crippen LogP contribution < -0.4 is 4.90 Å². The summed E-state index contributed by atoms with van der Waals surface area (Å²) < 4.78 is 6.22. The van der Waals surface area contributed by atoms with E-state index in [0.717, 1.165) is 23.2 Å². The van der Waals surface area contributed by atoms with E-state index in [1.165, 1.54) is 0 Å². The predicted molar refractivity (Wildman–Crippen MR) is 102 cm³/mol. The van der Waals surface area contributed by atoms with Crippen molar-refractivity contribution in [3.63, 3.8) is 0 Å². The number of rotatable bonds is 2. The highest BCUT2D eigenvalue weighted by Gasteiger charge is 2.72. The third-order valence-corrected chi connectivity index (χ3v) is 7.44. The molecule has 5 heterocycles. The van der Waals surface area contributed by atoms with Gasteiger partial charge in [-0.1, -0.05) is 29.8 Å². The number of hydrogen-bond donors (Lipinski definition) is 1. The lowest BCUT2D eigenvalue weighted by atomic mass is 9.73. The number of hydrogen-bond acceptors (Lipinski definition) is 4. The number of amides is 2. The molecule has 0 aromatic heterocycles. The maximum Gasteiger partial charge on any atom is 0.310 e. The Morgan fingerprint density at radius 1 is 1.31 bits per heavy atom. The second kappa shape index (κ2) is 5.48. The van der Waals surface area contributed by atoms with Gasteiger partial charge in [0.2, 0.25) is 11.8 Å². The van der Waals surface area contributed by atoms with Crippen LogP contribution in [0, 0.1) is 18.8 Å². The van der Waals surface area contributed by atoms with Gasteiger partial charge in [0.1, 0.15) is 11.5 Å². The van der Waals surface area contributed by atoms with E-state index in [2.05, 4.69) is 6.07 Å². The molecule has 5 aliphatic heterocycles. The van der Waals surface area contributed by atoms with Gasteiger partial charge in [-0.15, -0.1) is 0 Å². The fraction of sp³-hybridized carbons (Fsp3) is 0.500. The molecule has 1 N–H and O–H groups in total. The van der Waals surface area contributed by atoms with Crippen LogP contribution in [0.4, 0.5) is 5.69 Å². The number of benzene rings is 1. The first-order chi connectivity index (χ1) is 13.9. The molecule has 0 saturated carbocycles. The molecule has 150 valence electrons. The van der Waals surface area contributed by atoms with Crippen LogP contribution in [0.1, 0.15) is 36.4 Å². The molecule has 5 aliphatic rings. The Labute approximate surface area is 167 Å². The smallest absolute Gasteiger partial charge is 0.310 e. The Balaban J connectivity index is 1.52. The first-order valence-corrected chi connectivity index (χ1v) is 10.3. The zero-order valence-corrected chi connectivity index (χ0v) is 16.1. The second-order valence-corrected chi connectivity index (χ2v) is 8.87. The summed E-state index contributed by atoms with van der Waals surface area (Å²) in [6.45, 7) is 2.72. The number of aryl methyl sites for hydroxylation is 1. The molecular formula is C22H22N2O5. The standard InChI is InChI=1S/C22H22N2O5/c1-11-4-5-13-12(9-11)14(23-8-2-3-17(23)25)10-16-22-7-6-15(29-22)18(21(27)28)19(22)20(26)24(13)16/h4-7,9,14-16,18-19H,2-3,8,10H2,1H3,(H,27,28)/t14-,15-,16-,18-,19+,22-/m0/s1. The summed E-state index contributed by atoms with van der Waals surface area (Å²) in [6, 6.07) is 5.53. The van der Waals surface area contributed by atoms with E-state index >= 15 is 0 Å². The van der Waals surface area contributed by atoms with Crippen molar-refractivity contribution in [2.24, 2.45) is 11.8 Å². The number of carboxylic acids is 1. The summed E-state index contributed by atoms with van der Waals surface area (Å²) in [6.07, 6.45) is 5.11. The largest absolute Gasteiger partial charge is 0.481 e. The zero-order chi connectivity index (χ0) is 20.1. The highest BCUT2D eigenvalue weighted by Crippen LogP contribution is 2.60. The van der Waals surface area contributed by atoms with Crippen LogP contribution in [0.15, 0.2) is 30.4 Å². The van der Waals surface area contributed by atoms with Crippen LogP contribution in [0.25, 0.3) is 0 Å². The number of ether oxygens (including phenoxy) is 1. The average Bonchev–Trinajstić information content (AvgIpc) is 3.43. The van der Waals surface area contributed by atoms with Gasteiger partial charge in [0.15, 0.2) is 0 Å². The third-order valence-electron chi connectivity index (χ3n) is 7.44. The van der Waals surface area contributed by atoms with Crippen LogP contribution >= 0.6 is 0 Å². The van der Waals surface area contributed by atoms with Crippen molar-refractivity contribution in [2.45, 2.75) is 50.0 Å². The van der Waals surface area contributed by atoms with E-state index < -0.39 is 29.5 Å². The lowest BCUT2D eigenvalue weighted by molar-refractivity contribution is -0.146. The molecule has 2 amide bonds. The van der Waals surface area contributed by atoms with E-state index in [0.29, 0.717) is 19.4 Å². The monoisotopic (exact) mass is 394 g/mol. The van der Waals surface area contributed by atoms with Gasteiger partial charge in [-0.25, -0.2) is 0 Å². The number of carbonyl (C=O) groups is 3. The van der Waals surface area contributed by atoms with Gasteiger partial charge in [-0.3, -0.25) is 14.4 Å². The number of likely N-dealkylation sites (tertiary alicyclic amines) is 1. The summed E-state index contributed by atoms with van der Waals surface area (Å²) in [4.78, 5) is 41.8. The Hall–Kier alpha value is -2.67. The molecule has 1 aromatic rings. The average molecular weight is 394 g/mol. The van der Waals surface area contributed by atoms with E-state index in [1.807, 2.05) is 30.0 Å². The molecular weight excluding hydrogens is 372 g/mol. The summed E-state index contributed by atoms with van der Waals surface area (Å²) >= 11 is 0. The quantitative estimate of drug-likeness (QED) is 0.773. The molecule has 0 unspecified atom stereocenters. The number of carboxylic acid groups (broad SMARTS) is 1. The molecule has 6 atom stereocenters. The summed E-state index contributed by atoms with van der Waals surface area (Å²) in [7, 11) is 0. The Morgan fingerprint density at radius 2 is 2.14 bits per heavy atom. The first-order valence-electron chi connectivity index (χ1n) is 10.3. The van der Waals surface area contributed by atoms with E-state index in [9.17, 15) is 19.5 Å². The third kappa shape index (κ3) is 1.99. The summed E-state index contributed by atoms with van der Waals surface area (Å²) in [5, 5.41) is 9.78. The lowest BCUT2D eigenvalue weighted by Crippen LogP contribution is -2.50. The molecule has 0 radical (unpaired) electrons. The van der Waals surface area contributed by atoms with Gasteiger partial charge in [-0.2, -0.15) is 0 Å². The van der Waals surface area contributed by atoms with Gasteiger partial charge < -0.3 is 19.6 Å². The molecule has 0 aliphatic carbocycles. The van der Waals surface area contributed by atoms with Crippen molar-refractivity contribution in [1.29, 1.82) is 0 Å². The van der Waals surface area contributed by atoms with Crippen LogP contribution in [-0.4, -0.2) is 52.1 Å². The second-order valence-electron chi connectivity index (χ2n) is 8.87. The van der Waals surface area contributed by atoms with Crippen molar-refractivity contribution in [3.8, 4) is 0 Å². The fourth-order valence-electron chi connectivity index (χ4n) is 6.30. The number of nitrogens with zero attached hydrogens (tertiary/aromatic N) is 2. The van der Waals surface area contributed by atoms with Crippen molar-refractivity contribution in [1.82, 2.24) is 4.90 Å². The number of aliphatic carboxylic acids is 1. The van der Waals surface area contributed by atoms with Crippen molar-refractivity contribution < 1.29 is 24.2 Å². The van der Waals surface area contributed by atoms with E-state index in [4.69, 9.17) is 4.74 Å². The molecule has 1 aromatic carbocycles. The summed E-state index contributed by atoms with van der Waals surface area (Å²) in [5.74, 6) is -2.61. The van der Waals surface area contributed by atoms with Gasteiger partial charge in [-0.05, 0) is 31.4 Å². The van der Waals surface area contributed by atoms with Gasteiger partial charge in [0.05, 0.1) is 24.1 Å². The van der Waals surface area contributed by atoms with E-state index in [1.54, 1.807) is 11.0 Å². The topological polar surface area (TPSA) is 87.2 Å². The van der Waals surface area contributed by atoms with Crippen molar-refractivity contribution in [2.75, 3.05) is 11.4 Å². The highest BCUT2D eigenvalue weighted by atomic mass is 16.5. The van der Waals surface area contributed by atoms with Gasteiger partial charge in [0.25, 0.3) is 0 Å². The van der Waals surface area contributed by atoms with Gasteiger partial charge in [0, 0.05) is 18.7 Å².